The molecule has 0 fully saturated rings. The Kier molecular flexibility index (Phi) is 4.38. The Labute approximate surface area is 101 Å². The van der Waals surface area contributed by atoms with E-state index >= 15 is 0 Å². The summed E-state index contributed by atoms with van der Waals surface area (Å²) in [6.45, 7) is 4.69. The van der Waals surface area contributed by atoms with Crippen LogP contribution in [0.3, 0.4) is 0 Å². The molecular formula is C12H17FN2S. The zero-order valence-electron chi connectivity index (χ0n) is 9.83. The minimum Gasteiger partial charge on any atom is -0.389 e. The highest BCUT2D eigenvalue weighted by molar-refractivity contribution is 7.80. The monoisotopic (exact) mass is 240 g/mol. The average molecular weight is 240 g/mol. The van der Waals surface area contributed by atoms with Crippen LogP contribution in [0.15, 0.2) is 18.2 Å². The molecule has 0 heterocycles. The average Bonchev–Trinajstić information content (AvgIpc) is 2.20. The van der Waals surface area contributed by atoms with Crippen LogP contribution in [0.4, 0.5) is 4.39 Å². The van der Waals surface area contributed by atoms with Gasteiger partial charge >= 0.3 is 0 Å². The predicted molar refractivity (Wildman–Crippen MR) is 68.9 cm³/mol. The van der Waals surface area contributed by atoms with Gasteiger partial charge in [0.1, 0.15) is 10.8 Å². The summed E-state index contributed by atoms with van der Waals surface area (Å²) in [7, 11) is 1.96. The first-order chi connectivity index (χ1) is 7.41. The number of nitrogens with two attached hydrogens (primary N) is 1. The van der Waals surface area contributed by atoms with Crippen molar-refractivity contribution >= 4 is 17.2 Å². The van der Waals surface area contributed by atoms with Gasteiger partial charge in [0.25, 0.3) is 0 Å². The molecular weight excluding hydrogens is 223 g/mol. The summed E-state index contributed by atoms with van der Waals surface area (Å²) in [5.74, 6) is -0.215. The normalized spacial score (nSPS) is 11.1. The van der Waals surface area contributed by atoms with Crippen LogP contribution in [0.25, 0.3) is 0 Å². The number of thiocarbonyl (C=S) groups is 1. The number of rotatable bonds is 4. The van der Waals surface area contributed by atoms with E-state index in [2.05, 4.69) is 18.7 Å². The van der Waals surface area contributed by atoms with Crippen LogP contribution >= 0.6 is 12.2 Å². The van der Waals surface area contributed by atoms with Gasteiger partial charge in [-0.2, -0.15) is 0 Å². The van der Waals surface area contributed by atoms with Crippen molar-refractivity contribution in [2.45, 2.75) is 26.4 Å². The van der Waals surface area contributed by atoms with E-state index in [1.165, 1.54) is 6.07 Å². The van der Waals surface area contributed by atoms with E-state index in [0.717, 1.165) is 0 Å². The number of halogens is 1. The number of nitrogens with zero attached hydrogens (tertiary/aromatic N) is 1. The van der Waals surface area contributed by atoms with Gasteiger partial charge in [0.05, 0.1) is 0 Å². The van der Waals surface area contributed by atoms with E-state index in [9.17, 15) is 4.39 Å². The molecule has 1 rings (SSSR count). The van der Waals surface area contributed by atoms with Crippen LogP contribution < -0.4 is 5.73 Å². The maximum atomic E-state index is 13.5. The highest BCUT2D eigenvalue weighted by Gasteiger charge is 2.09. The first-order valence-corrected chi connectivity index (χ1v) is 5.61. The predicted octanol–water partition coefficient (Wildman–Crippen LogP) is 2.30. The fourth-order valence-electron chi connectivity index (χ4n) is 1.30. The van der Waals surface area contributed by atoms with Crippen LogP contribution in [0.1, 0.15) is 25.0 Å². The molecule has 0 aromatic heterocycles. The molecule has 2 nitrogen and oxygen atoms in total. The van der Waals surface area contributed by atoms with Gasteiger partial charge in [-0.3, -0.25) is 4.90 Å². The molecule has 4 heteroatoms. The van der Waals surface area contributed by atoms with Crippen molar-refractivity contribution in [3.8, 4) is 0 Å². The fraction of sp³-hybridized carbons (Fsp3) is 0.417. The zero-order valence-corrected chi connectivity index (χ0v) is 10.6. The lowest BCUT2D eigenvalue weighted by Gasteiger charge is -2.21. The molecule has 1 aromatic rings. The SMILES string of the molecule is CC(C)N(C)Cc1cc(C(N)=S)ccc1F. The summed E-state index contributed by atoms with van der Waals surface area (Å²) in [5, 5.41) is 0. The third-order valence-electron chi connectivity index (χ3n) is 2.63. The second-order valence-electron chi connectivity index (χ2n) is 4.18. The Morgan fingerprint density at radius 3 is 2.62 bits per heavy atom. The van der Waals surface area contributed by atoms with Crippen LogP contribution in [0.5, 0.6) is 0 Å². The van der Waals surface area contributed by atoms with E-state index in [4.69, 9.17) is 18.0 Å². The topological polar surface area (TPSA) is 29.3 Å². The summed E-state index contributed by atoms with van der Waals surface area (Å²) in [6, 6.07) is 5.11. The lowest BCUT2D eigenvalue weighted by Crippen LogP contribution is -2.26. The maximum Gasteiger partial charge on any atom is 0.127 e. The molecule has 0 saturated carbocycles. The largest absolute Gasteiger partial charge is 0.389 e. The Bertz CT molecular complexity index is 391. The van der Waals surface area contributed by atoms with Crippen molar-refractivity contribution in [3.63, 3.8) is 0 Å². The highest BCUT2D eigenvalue weighted by Crippen LogP contribution is 2.13. The molecule has 0 aliphatic carbocycles. The van der Waals surface area contributed by atoms with Gasteiger partial charge in [-0.15, -0.1) is 0 Å². The van der Waals surface area contributed by atoms with E-state index in [1.807, 2.05) is 7.05 Å². The van der Waals surface area contributed by atoms with Gasteiger partial charge in [-0.05, 0) is 39.1 Å². The number of hydrogen-bond donors (Lipinski definition) is 1. The Balaban J connectivity index is 2.94. The molecule has 0 spiro atoms. The molecule has 0 aliphatic rings. The molecule has 0 atom stereocenters. The van der Waals surface area contributed by atoms with E-state index in [-0.39, 0.29) is 5.82 Å². The van der Waals surface area contributed by atoms with Crippen molar-refractivity contribution in [2.75, 3.05) is 7.05 Å². The van der Waals surface area contributed by atoms with Gasteiger partial charge in [0.15, 0.2) is 0 Å². The molecule has 0 amide bonds. The number of benzene rings is 1. The maximum absolute atomic E-state index is 13.5. The Morgan fingerprint density at radius 1 is 1.50 bits per heavy atom. The van der Waals surface area contributed by atoms with Crippen LogP contribution in [0, 0.1) is 5.82 Å². The third-order valence-corrected chi connectivity index (χ3v) is 2.87. The van der Waals surface area contributed by atoms with Gasteiger partial charge in [-0.1, -0.05) is 12.2 Å². The molecule has 16 heavy (non-hydrogen) atoms. The van der Waals surface area contributed by atoms with Crippen molar-refractivity contribution < 1.29 is 4.39 Å². The van der Waals surface area contributed by atoms with Crippen LogP contribution in [-0.4, -0.2) is 23.0 Å². The second kappa shape index (κ2) is 5.37. The van der Waals surface area contributed by atoms with E-state index < -0.39 is 0 Å². The first kappa shape index (κ1) is 13.1. The lowest BCUT2D eigenvalue weighted by atomic mass is 10.1. The molecule has 1 aromatic carbocycles. The van der Waals surface area contributed by atoms with Crippen molar-refractivity contribution in [3.05, 3.63) is 35.1 Å². The van der Waals surface area contributed by atoms with Crippen molar-refractivity contribution in [1.82, 2.24) is 4.90 Å². The summed E-state index contributed by atoms with van der Waals surface area (Å²) in [5.41, 5.74) is 6.86. The van der Waals surface area contributed by atoms with Gasteiger partial charge in [0, 0.05) is 23.7 Å². The summed E-state index contributed by atoms with van der Waals surface area (Å²) >= 11 is 4.87. The molecule has 2 N–H and O–H groups in total. The van der Waals surface area contributed by atoms with E-state index in [1.54, 1.807) is 12.1 Å². The molecule has 0 aliphatic heterocycles. The standard InChI is InChI=1S/C12H17FN2S/c1-8(2)15(3)7-10-6-9(12(14)16)4-5-11(10)13/h4-6,8H,7H2,1-3H3,(H2,14,16). The van der Waals surface area contributed by atoms with Crippen molar-refractivity contribution in [2.24, 2.45) is 5.73 Å². The second-order valence-corrected chi connectivity index (χ2v) is 4.62. The number of hydrogen-bond acceptors (Lipinski definition) is 2. The fourth-order valence-corrected chi connectivity index (χ4v) is 1.43. The summed E-state index contributed by atoms with van der Waals surface area (Å²) in [4.78, 5) is 2.36. The summed E-state index contributed by atoms with van der Waals surface area (Å²) in [6.07, 6.45) is 0. The minimum absolute atomic E-state index is 0.215. The lowest BCUT2D eigenvalue weighted by molar-refractivity contribution is 0.262. The van der Waals surface area contributed by atoms with Gasteiger partial charge < -0.3 is 5.73 Å². The zero-order chi connectivity index (χ0) is 12.3. The molecule has 0 bridgehead atoms. The first-order valence-electron chi connectivity index (χ1n) is 5.20. The van der Waals surface area contributed by atoms with Crippen LogP contribution in [0.2, 0.25) is 0 Å². The smallest absolute Gasteiger partial charge is 0.127 e. The Hall–Kier alpha value is -1.00. The van der Waals surface area contributed by atoms with Crippen molar-refractivity contribution in [1.29, 1.82) is 0 Å². The molecule has 0 radical (unpaired) electrons. The quantitative estimate of drug-likeness (QED) is 0.819. The van der Waals surface area contributed by atoms with Crippen LogP contribution in [-0.2, 0) is 6.54 Å². The molecule has 88 valence electrons. The third kappa shape index (κ3) is 3.25. The Morgan fingerprint density at radius 2 is 2.12 bits per heavy atom. The minimum atomic E-state index is -0.215. The van der Waals surface area contributed by atoms with E-state index in [0.29, 0.717) is 28.7 Å². The van der Waals surface area contributed by atoms with Gasteiger partial charge in [-0.25, -0.2) is 4.39 Å². The highest BCUT2D eigenvalue weighted by atomic mass is 32.1. The summed E-state index contributed by atoms with van der Waals surface area (Å²) < 4.78 is 13.5. The van der Waals surface area contributed by atoms with Gasteiger partial charge in [0.2, 0.25) is 0 Å². The molecule has 0 saturated heterocycles. The molecule has 0 unspecified atom stereocenters.